The number of carboxylic acids is 1. The van der Waals surface area contributed by atoms with Gasteiger partial charge in [-0.3, -0.25) is 9.59 Å². The van der Waals surface area contributed by atoms with Crippen LogP contribution in [0.25, 0.3) is 11.1 Å². The fourth-order valence-electron chi connectivity index (χ4n) is 3.80. The molecule has 2 amide bonds. The van der Waals surface area contributed by atoms with E-state index in [0.717, 1.165) is 22.3 Å². The molecule has 7 heteroatoms. The van der Waals surface area contributed by atoms with Gasteiger partial charge in [-0.2, -0.15) is 0 Å². The van der Waals surface area contributed by atoms with E-state index in [1.807, 2.05) is 36.4 Å². The highest BCUT2D eigenvalue weighted by Crippen LogP contribution is 2.44. The van der Waals surface area contributed by atoms with E-state index >= 15 is 0 Å². The highest BCUT2D eigenvalue weighted by molar-refractivity contribution is 5.86. The molecule has 0 radical (unpaired) electrons. The fraction of sp³-hybridized carbons (Fsp3) is 0.375. The van der Waals surface area contributed by atoms with Crippen molar-refractivity contribution in [2.75, 3.05) is 6.61 Å². The summed E-state index contributed by atoms with van der Waals surface area (Å²) in [6.45, 7) is 5.06. The van der Waals surface area contributed by atoms with Crippen molar-refractivity contribution in [1.29, 1.82) is 0 Å². The first-order valence-electron chi connectivity index (χ1n) is 10.5. The lowest BCUT2D eigenvalue weighted by molar-refractivity contribution is -0.142. The third-order valence-electron chi connectivity index (χ3n) is 5.87. The van der Waals surface area contributed by atoms with E-state index in [0.29, 0.717) is 6.42 Å². The number of benzene rings is 2. The van der Waals surface area contributed by atoms with Crippen LogP contribution in [0.5, 0.6) is 0 Å². The van der Waals surface area contributed by atoms with Crippen LogP contribution >= 0.6 is 0 Å². The molecule has 1 aliphatic carbocycles. The second kappa shape index (κ2) is 9.64. The molecular weight excluding hydrogens is 396 g/mol. The Morgan fingerprint density at radius 3 is 2.03 bits per heavy atom. The average Bonchev–Trinajstić information content (AvgIpc) is 3.09. The summed E-state index contributed by atoms with van der Waals surface area (Å²) >= 11 is 0. The summed E-state index contributed by atoms with van der Waals surface area (Å²) in [7, 11) is 0. The number of ether oxygens (including phenoxy) is 1. The van der Waals surface area contributed by atoms with Crippen molar-refractivity contribution < 1.29 is 24.2 Å². The summed E-state index contributed by atoms with van der Waals surface area (Å²) in [5, 5.41) is 14.3. The Morgan fingerprint density at radius 2 is 1.52 bits per heavy atom. The van der Waals surface area contributed by atoms with Crippen molar-refractivity contribution in [2.45, 2.75) is 45.2 Å². The molecule has 3 atom stereocenters. The highest BCUT2D eigenvalue weighted by atomic mass is 16.5. The molecule has 0 bridgehead atoms. The third-order valence-corrected chi connectivity index (χ3v) is 5.87. The Hall–Kier alpha value is -3.35. The minimum Gasteiger partial charge on any atom is -0.481 e. The van der Waals surface area contributed by atoms with Gasteiger partial charge in [0.2, 0.25) is 5.91 Å². The number of hydrogen-bond acceptors (Lipinski definition) is 4. The number of carboxylic acid groups (broad SMARTS) is 1. The van der Waals surface area contributed by atoms with Crippen molar-refractivity contribution >= 4 is 18.0 Å². The van der Waals surface area contributed by atoms with E-state index in [4.69, 9.17) is 9.84 Å². The molecule has 0 aromatic heterocycles. The first-order valence-corrected chi connectivity index (χ1v) is 10.5. The van der Waals surface area contributed by atoms with Crippen LogP contribution in [0.3, 0.4) is 0 Å². The molecule has 2 aromatic rings. The normalized spacial score (nSPS) is 15.2. The van der Waals surface area contributed by atoms with Crippen LogP contribution in [0.4, 0.5) is 4.79 Å². The Balaban J connectivity index is 1.61. The van der Waals surface area contributed by atoms with Crippen LogP contribution in [0, 0.1) is 5.92 Å². The summed E-state index contributed by atoms with van der Waals surface area (Å²) in [6, 6.07) is 14.7. The quantitative estimate of drug-likeness (QED) is 0.601. The summed E-state index contributed by atoms with van der Waals surface area (Å²) in [6.07, 6.45) is -0.327. The van der Waals surface area contributed by atoms with Crippen molar-refractivity contribution in [2.24, 2.45) is 5.92 Å². The molecule has 3 N–H and O–H groups in total. The number of fused-ring (bicyclic) bond motifs is 3. The Kier molecular flexibility index (Phi) is 6.95. The van der Waals surface area contributed by atoms with Gasteiger partial charge in [-0.25, -0.2) is 4.79 Å². The van der Waals surface area contributed by atoms with Gasteiger partial charge in [-0.15, -0.1) is 0 Å². The monoisotopic (exact) mass is 424 g/mol. The highest BCUT2D eigenvalue weighted by Gasteiger charge is 2.30. The zero-order valence-corrected chi connectivity index (χ0v) is 17.9. The van der Waals surface area contributed by atoms with Crippen molar-refractivity contribution in [3.8, 4) is 11.1 Å². The fourth-order valence-corrected chi connectivity index (χ4v) is 3.80. The van der Waals surface area contributed by atoms with E-state index in [2.05, 4.69) is 22.8 Å². The predicted molar refractivity (Wildman–Crippen MR) is 117 cm³/mol. The zero-order chi connectivity index (χ0) is 22.5. The molecule has 0 heterocycles. The molecule has 3 unspecified atom stereocenters. The van der Waals surface area contributed by atoms with Gasteiger partial charge >= 0.3 is 12.1 Å². The van der Waals surface area contributed by atoms with Gasteiger partial charge in [0.1, 0.15) is 12.6 Å². The first kappa shape index (κ1) is 22.3. The second-order valence-corrected chi connectivity index (χ2v) is 7.85. The predicted octanol–water partition coefficient (Wildman–Crippen LogP) is 3.53. The van der Waals surface area contributed by atoms with Gasteiger partial charge in [-0.1, -0.05) is 55.5 Å². The number of carbonyl (C=O) groups excluding carboxylic acids is 2. The number of hydrogen-bond donors (Lipinski definition) is 3. The number of rotatable bonds is 8. The molecule has 2 aromatic carbocycles. The smallest absolute Gasteiger partial charge is 0.407 e. The maximum absolute atomic E-state index is 12.5. The van der Waals surface area contributed by atoms with Crippen molar-refractivity contribution in [1.82, 2.24) is 10.6 Å². The minimum atomic E-state index is -0.995. The van der Waals surface area contributed by atoms with Gasteiger partial charge in [-0.05, 0) is 42.5 Å². The van der Waals surface area contributed by atoms with Crippen LogP contribution in [-0.4, -0.2) is 41.8 Å². The summed E-state index contributed by atoms with van der Waals surface area (Å²) < 4.78 is 5.49. The molecule has 0 saturated carbocycles. The number of carbonyl (C=O) groups is 3. The van der Waals surface area contributed by atoms with Crippen LogP contribution in [0.2, 0.25) is 0 Å². The van der Waals surface area contributed by atoms with Crippen LogP contribution in [0.15, 0.2) is 48.5 Å². The van der Waals surface area contributed by atoms with E-state index in [1.54, 1.807) is 13.8 Å². The Morgan fingerprint density at radius 1 is 0.968 bits per heavy atom. The van der Waals surface area contributed by atoms with Crippen LogP contribution < -0.4 is 10.6 Å². The molecule has 7 nitrogen and oxygen atoms in total. The Labute approximate surface area is 181 Å². The van der Waals surface area contributed by atoms with Gasteiger partial charge in [0.25, 0.3) is 0 Å². The van der Waals surface area contributed by atoms with Crippen LogP contribution in [0.1, 0.15) is 44.2 Å². The molecule has 3 rings (SSSR count). The summed E-state index contributed by atoms with van der Waals surface area (Å²) in [5.41, 5.74) is 4.49. The second-order valence-electron chi connectivity index (χ2n) is 7.85. The van der Waals surface area contributed by atoms with Gasteiger partial charge in [0, 0.05) is 12.0 Å². The Bertz CT molecular complexity index is 928. The topological polar surface area (TPSA) is 105 Å². The van der Waals surface area contributed by atoms with E-state index < -0.39 is 36.0 Å². The molecule has 31 heavy (non-hydrogen) atoms. The standard InChI is InChI=1S/C24H28N2O5/c1-4-21(22(27)25-15(3)14(2)23(28)29)26-24(30)31-13-20-18-11-7-5-9-16(18)17-10-6-8-12-19(17)20/h5-12,14-15,20-21H,4,13H2,1-3H3,(H,25,27)(H,26,30)(H,28,29). The molecule has 0 saturated heterocycles. The molecular formula is C24H28N2O5. The molecule has 1 aliphatic rings. The van der Waals surface area contributed by atoms with Crippen molar-refractivity contribution in [3.63, 3.8) is 0 Å². The third kappa shape index (κ3) is 4.87. The maximum atomic E-state index is 12.5. The molecule has 0 fully saturated rings. The van der Waals surface area contributed by atoms with Gasteiger partial charge in [0.15, 0.2) is 0 Å². The lowest BCUT2D eigenvalue weighted by atomic mass is 9.98. The first-order chi connectivity index (χ1) is 14.8. The average molecular weight is 424 g/mol. The zero-order valence-electron chi connectivity index (χ0n) is 17.9. The van der Waals surface area contributed by atoms with Crippen molar-refractivity contribution in [3.05, 3.63) is 59.7 Å². The molecule has 0 spiro atoms. The lowest BCUT2D eigenvalue weighted by Gasteiger charge is -2.22. The number of amides is 2. The number of nitrogens with one attached hydrogen (secondary N) is 2. The molecule has 164 valence electrons. The minimum absolute atomic E-state index is 0.0662. The lowest BCUT2D eigenvalue weighted by Crippen LogP contribution is -2.51. The van der Waals surface area contributed by atoms with E-state index in [9.17, 15) is 14.4 Å². The number of aliphatic carboxylic acids is 1. The summed E-state index contributed by atoms with van der Waals surface area (Å²) in [4.78, 5) is 36.0. The largest absolute Gasteiger partial charge is 0.481 e. The SMILES string of the molecule is CCC(NC(=O)OCC1c2ccccc2-c2ccccc21)C(=O)NC(C)C(C)C(=O)O. The number of alkyl carbamates (subject to hydrolysis) is 1. The molecule has 0 aliphatic heterocycles. The van der Waals surface area contributed by atoms with Gasteiger partial charge in [0.05, 0.1) is 5.92 Å². The van der Waals surface area contributed by atoms with Gasteiger partial charge < -0.3 is 20.5 Å². The summed E-state index contributed by atoms with van der Waals surface area (Å²) in [5.74, 6) is -2.23. The maximum Gasteiger partial charge on any atom is 0.407 e. The van der Waals surface area contributed by atoms with Crippen LogP contribution in [-0.2, 0) is 14.3 Å². The van der Waals surface area contributed by atoms with E-state index in [1.165, 1.54) is 6.92 Å². The van der Waals surface area contributed by atoms with E-state index in [-0.39, 0.29) is 12.5 Å².